The molecule has 0 bridgehead atoms. The van der Waals surface area contributed by atoms with Gasteiger partial charge in [0.1, 0.15) is 0 Å². The first-order valence-corrected chi connectivity index (χ1v) is 9.58. The van der Waals surface area contributed by atoms with Crippen LogP contribution in [0.1, 0.15) is 58.8 Å². The van der Waals surface area contributed by atoms with Crippen molar-refractivity contribution in [2.75, 3.05) is 18.1 Å². The van der Waals surface area contributed by atoms with E-state index in [0.29, 0.717) is 17.3 Å². The molecule has 1 N–H and O–H groups in total. The van der Waals surface area contributed by atoms with Gasteiger partial charge in [0.2, 0.25) is 0 Å². The van der Waals surface area contributed by atoms with Gasteiger partial charge in [-0.2, -0.15) is 11.8 Å². The molecule has 2 heterocycles. The summed E-state index contributed by atoms with van der Waals surface area (Å²) >= 11 is 2.05. The summed E-state index contributed by atoms with van der Waals surface area (Å²) in [6.07, 6.45) is 8.21. The van der Waals surface area contributed by atoms with Crippen LogP contribution in [0.25, 0.3) is 0 Å². The van der Waals surface area contributed by atoms with Gasteiger partial charge in [-0.15, -0.1) is 0 Å². The van der Waals surface area contributed by atoms with Crippen LogP contribution >= 0.6 is 11.8 Å². The Morgan fingerprint density at radius 1 is 1.15 bits per heavy atom. The molecule has 2 saturated heterocycles. The van der Waals surface area contributed by atoms with Gasteiger partial charge in [0.05, 0.1) is 11.7 Å². The Balaban J connectivity index is 1.67. The Hall–Kier alpha value is 0.270. The fourth-order valence-electron chi connectivity index (χ4n) is 4.76. The highest BCUT2D eigenvalue weighted by atomic mass is 32.2. The Bertz CT molecular complexity index is 330. The lowest BCUT2D eigenvalue weighted by atomic mass is 9.70. The smallest absolute Gasteiger partial charge is 0.0701 e. The molecule has 3 aliphatic rings. The molecule has 3 fully saturated rings. The lowest BCUT2D eigenvalue weighted by Crippen LogP contribution is -2.47. The van der Waals surface area contributed by atoms with Crippen molar-refractivity contribution in [3.05, 3.63) is 0 Å². The summed E-state index contributed by atoms with van der Waals surface area (Å²) in [6, 6.07) is 0. The predicted octanol–water partition coefficient (Wildman–Crippen LogP) is 3.87. The molecule has 116 valence electrons. The highest BCUT2D eigenvalue weighted by molar-refractivity contribution is 7.99. The summed E-state index contributed by atoms with van der Waals surface area (Å²) < 4.78 is 6.18. The molecule has 3 atom stereocenters. The molecule has 3 rings (SSSR count). The van der Waals surface area contributed by atoms with Crippen LogP contribution in [0.5, 0.6) is 0 Å². The van der Waals surface area contributed by atoms with Gasteiger partial charge in [0.15, 0.2) is 0 Å². The van der Waals surface area contributed by atoms with E-state index in [0.717, 1.165) is 19.4 Å². The standard InChI is InChI=1S/C17H30O2S/c1-16(2)6-3-4-14(16)15(18)13-5-9-19-17(12-13)7-10-20-11-8-17/h13-15,18H,3-12H2,1-2H3. The molecule has 20 heavy (non-hydrogen) atoms. The Morgan fingerprint density at radius 3 is 2.55 bits per heavy atom. The molecule has 0 radical (unpaired) electrons. The van der Waals surface area contributed by atoms with Crippen molar-refractivity contribution in [3.8, 4) is 0 Å². The van der Waals surface area contributed by atoms with E-state index >= 15 is 0 Å². The number of hydrogen-bond donors (Lipinski definition) is 1. The molecule has 2 aliphatic heterocycles. The van der Waals surface area contributed by atoms with Crippen molar-refractivity contribution in [2.24, 2.45) is 17.3 Å². The molecule has 1 spiro atoms. The van der Waals surface area contributed by atoms with Crippen molar-refractivity contribution in [3.63, 3.8) is 0 Å². The third-order valence-electron chi connectivity index (χ3n) is 6.17. The van der Waals surface area contributed by atoms with Crippen LogP contribution in [0.4, 0.5) is 0 Å². The fraction of sp³-hybridized carbons (Fsp3) is 1.00. The summed E-state index contributed by atoms with van der Waals surface area (Å²) in [7, 11) is 0. The van der Waals surface area contributed by atoms with Gasteiger partial charge in [-0.05, 0) is 67.3 Å². The van der Waals surface area contributed by atoms with Gasteiger partial charge in [0.25, 0.3) is 0 Å². The van der Waals surface area contributed by atoms with Crippen molar-refractivity contribution in [2.45, 2.75) is 70.5 Å². The number of hydrogen-bond acceptors (Lipinski definition) is 3. The predicted molar refractivity (Wildman–Crippen MR) is 85.1 cm³/mol. The van der Waals surface area contributed by atoms with Crippen molar-refractivity contribution < 1.29 is 9.84 Å². The second-order valence-electron chi connectivity index (χ2n) is 7.87. The van der Waals surface area contributed by atoms with E-state index in [-0.39, 0.29) is 11.7 Å². The lowest BCUT2D eigenvalue weighted by molar-refractivity contribution is -0.132. The van der Waals surface area contributed by atoms with Crippen molar-refractivity contribution in [1.82, 2.24) is 0 Å². The summed E-state index contributed by atoms with van der Waals surface area (Å²) in [5.41, 5.74) is 0.436. The maximum absolute atomic E-state index is 11.0. The number of ether oxygens (including phenoxy) is 1. The van der Waals surface area contributed by atoms with E-state index in [2.05, 4.69) is 25.6 Å². The zero-order valence-corrected chi connectivity index (χ0v) is 13.9. The third kappa shape index (κ3) is 2.91. The summed E-state index contributed by atoms with van der Waals surface area (Å²) in [5, 5.41) is 11.0. The highest BCUT2D eigenvalue weighted by Crippen LogP contribution is 2.49. The second kappa shape index (κ2) is 5.81. The normalized spacial score (nSPS) is 38.0. The zero-order chi connectivity index (χ0) is 14.2. The molecule has 0 amide bonds. The van der Waals surface area contributed by atoms with Gasteiger partial charge in [0, 0.05) is 6.61 Å². The molecule has 1 saturated carbocycles. The zero-order valence-electron chi connectivity index (χ0n) is 13.1. The molecule has 1 aliphatic carbocycles. The summed E-state index contributed by atoms with van der Waals surface area (Å²) in [5.74, 6) is 3.44. The number of thioether (sulfide) groups is 1. The van der Waals surface area contributed by atoms with E-state index in [9.17, 15) is 5.11 Å². The minimum atomic E-state index is -0.108. The second-order valence-corrected chi connectivity index (χ2v) is 9.10. The van der Waals surface area contributed by atoms with Crippen LogP contribution < -0.4 is 0 Å². The van der Waals surface area contributed by atoms with Gasteiger partial charge < -0.3 is 9.84 Å². The molecular formula is C17H30O2S. The molecule has 0 aromatic carbocycles. The van der Waals surface area contributed by atoms with Crippen LogP contribution in [0.3, 0.4) is 0 Å². The first-order valence-electron chi connectivity index (χ1n) is 8.42. The molecule has 0 aromatic heterocycles. The van der Waals surface area contributed by atoms with Gasteiger partial charge in [-0.25, -0.2) is 0 Å². The maximum Gasteiger partial charge on any atom is 0.0701 e. The van der Waals surface area contributed by atoms with E-state index in [1.165, 1.54) is 43.6 Å². The summed E-state index contributed by atoms with van der Waals surface area (Å²) in [4.78, 5) is 0. The molecule has 3 heteroatoms. The van der Waals surface area contributed by atoms with Gasteiger partial charge >= 0.3 is 0 Å². The van der Waals surface area contributed by atoms with Crippen LogP contribution in [0, 0.1) is 17.3 Å². The fourth-order valence-corrected chi connectivity index (χ4v) is 6.00. The molecule has 0 aromatic rings. The van der Waals surface area contributed by atoms with E-state index in [1.54, 1.807) is 0 Å². The molecule has 3 unspecified atom stereocenters. The molecule has 2 nitrogen and oxygen atoms in total. The summed E-state index contributed by atoms with van der Waals surface area (Å²) in [6.45, 7) is 5.56. The molecular weight excluding hydrogens is 268 g/mol. The maximum atomic E-state index is 11.0. The Morgan fingerprint density at radius 2 is 1.90 bits per heavy atom. The minimum absolute atomic E-state index is 0.108. The monoisotopic (exact) mass is 298 g/mol. The highest BCUT2D eigenvalue weighted by Gasteiger charge is 2.46. The Kier molecular flexibility index (Phi) is 4.41. The van der Waals surface area contributed by atoms with Crippen LogP contribution in [0.15, 0.2) is 0 Å². The number of aliphatic hydroxyl groups is 1. The first kappa shape index (κ1) is 15.2. The SMILES string of the molecule is CC1(C)CCCC1C(O)C1CCOC2(CCSCC2)C1. The van der Waals surface area contributed by atoms with Crippen molar-refractivity contribution in [1.29, 1.82) is 0 Å². The lowest BCUT2D eigenvalue weighted by Gasteiger charge is -2.46. The first-order chi connectivity index (χ1) is 9.53. The average Bonchev–Trinajstić information content (AvgIpc) is 2.78. The Labute approximate surface area is 128 Å². The van der Waals surface area contributed by atoms with E-state index in [1.807, 2.05) is 0 Å². The number of aliphatic hydroxyl groups excluding tert-OH is 1. The average molecular weight is 298 g/mol. The minimum Gasteiger partial charge on any atom is -0.393 e. The van der Waals surface area contributed by atoms with Crippen molar-refractivity contribution >= 4 is 11.8 Å². The quantitative estimate of drug-likeness (QED) is 0.839. The van der Waals surface area contributed by atoms with Crippen LogP contribution in [-0.2, 0) is 4.74 Å². The van der Waals surface area contributed by atoms with Gasteiger partial charge in [-0.1, -0.05) is 20.3 Å². The van der Waals surface area contributed by atoms with E-state index in [4.69, 9.17) is 4.74 Å². The van der Waals surface area contributed by atoms with Gasteiger partial charge in [-0.3, -0.25) is 0 Å². The van der Waals surface area contributed by atoms with E-state index < -0.39 is 0 Å². The van der Waals surface area contributed by atoms with Crippen LogP contribution in [0.2, 0.25) is 0 Å². The van der Waals surface area contributed by atoms with Crippen LogP contribution in [-0.4, -0.2) is 34.9 Å². The third-order valence-corrected chi connectivity index (χ3v) is 7.16. The topological polar surface area (TPSA) is 29.5 Å². The largest absolute Gasteiger partial charge is 0.393 e. The number of rotatable bonds is 2.